The van der Waals surface area contributed by atoms with Gasteiger partial charge in [-0.05, 0) is 90.9 Å². The van der Waals surface area contributed by atoms with E-state index in [1.807, 2.05) is 39.2 Å². The molecule has 0 N–H and O–H groups in total. The van der Waals surface area contributed by atoms with Crippen LogP contribution in [0.4, 0.5) is 0 Å². The molecule has 4 fully saturated rings. The number of amides is 1. The van der Waals surface area contributed by atoms with Crippen molar-refractivity contribution in [2.45, 2.75) is 85.3 Å². The normalized spacial score (nSPS) is 32.0. The van der Waals surface area contributed by atoms with Gasteiger partial charge in [-0.15, -0.1) is 11.3 Å². The molecule has 4 aliphatic rings. The highest BCUT2D eigenvalue weighted by molar-refractivity contribution is 7.09. The van der Waals surface area contributed by atoms with Crippen LogP contribution >= 0.6 is 11.3 Å². The van der Waals surface area contributed by atoms with Crippen LogP contribution in [0.5, 0.6) is 0 Å². The minimum absolute atomic E-state index is 0.0470. The summed E-state index contributed by atoms with van der Waals surface area (Å²) in [6, 6.07) is 0. The second kappa shape index (κ2) is 6.82. The first-order valence-electron chi connectivity index (χ1n) is 10.5. The molecule has 4 saturated carbocycles. The van der Waals surface area contributed by atoms with Gasteiger partial charge in [-0.25, -0.2) is 0 Å². The molecule has 0 spiro atoms. The Bertz CT molecular complexity index is 836. The van der Waals surface area contributed by atoms with Crippen molar-refractivity contribution in [3.05, 3.63) is 15.4 Å². The van der Waals surface area contributed by atoms with Crippen LogP contribution in [0, 0.1) is 37.0 Å². The third-order valence-electron chi connectivity index (χ3n) is 6.79. The van der Waals surface area contributed by atoms with E-state index in [1.54, 1.807) is 0 Å². The quantitative estimate of drug-likeness (QED) is 0.711. The predicted octanol–water partition coefficient (Wildman–Crippen LogP) is 4.15. The first-order valence-corrected chi connectivity index (χ1v) is 11.3. The van der Waals surface area contributed by atoms with Crippen molar-refractivity contribution in [3.63, 3.8) is 0 Å². The standard InChI is InChI=1S/C22H32N2O3S/c1-13-14(2)28-20(24(13)12-18(25)27-21(3,4)5)23-19(26)22-9-15-6-16(10-22)8-17(7-15)11-22/h15-17H,6-12H2,1-5H3/b23-20-. The van der Waals surface area contributed by atoms with E-state index >= 15 is 0 Å². The number of aryl methyl sites for hydroxylation is 1. The van der Waals surface area contributed by atoms with Crippen molar-refractivity contribution >= 4 is 23.2 Å². The number of ether oxygens (including phenoxy) is 1. The number of carbonyl (C=O) groups excluding carboxylic acids is 2. The summed E-state index contributed by atoms with van der Waals surface area (Å²) in [7, 11) is 0. The molecule has 5 rings (SSSR count). The van der Waals surface area contributed by atoms with E-state index in [9.17, 15) is 9.59 Å². The average molecular weight is 405 g/mol. The average Bonchev–Trinajstić information content (AvgIpc) is 2.79. The Morgan fingerprint density at radius 3 is 2.14 bits per heavy atom. The zero-order chi connectivity index (χ0) is 20.3. The van der Waals surface area contributed by atoms with Crippen molar-refractivity contribution in [1.29, 1.82) is 0 Å². The van der Waals surface area contributed by atoms with E-state index in [0.717, 1.165) is 29.8 Å². The monoisotopic (exact) mass is 404 g/mol. The maximum absolute atomic E-state index is 13.4. The molecular weight excluding hydrogens is 372 g/mol. The third-order valence-corrected chi connectivity index (χ3v) is 7.88. The van der Waals surface area contributed by atoms with Gasteiger partial charge in [0.05, 0.1) is 5.41 Å². The molecule has 6 heteroatoms. The molecular formula is C22H32N2O3S. The smallest absolute Gasteiger partial charge is 0.326 e. The van der Waals surface area contributed by atoms with Gasteiger partial charge in [-0.2, -0.15) is 4.99 Å². The molecule has 0 unspecified atom stereocenters. The molecule has 0 atom stereocenters. The van der Waals surface area contributed by atoms with Crippen LogP contribution in [-0.4, -0.2) is 22.0 Å². The van der Waals surface area contributed by atoms with Crippen LogP contribution in [0.3, 0.4) is 0 Å². The molecule has 4 aliphatic carbocycles. The Kier molecular flexibility index (Phi) is 4.84. The molecule has 5 nitrogen and oxygen atoms in total. The number of hydrogen-bond donors (Lipinski definition) is 0. The number of carbonyl (C=O) groups is 2. The lowest BCUT2D eigenvalue weighted by Gasteiger charge is -2.55. The largest absolute Gasteiger partial charge is 0.459 e. The van der Waals surface area contributed by atoms with Gasteiger partial charge in [0.15, 0.2) is 4.80 Å². The van der Waals surface area contributed by atoms with Crippen molar-refractivity contribution in [2.75, 3.05) is 0 Å². The molecule has 154 valence electrons. The van der Waals surface area contributed by atoms with Gasteiger partial charge >= 0.3 is 5.97 Å². The minimum Gasteiger partial charge on any atom is -0.459 e. The van der Waals surface area contributed by atoms with Crippen molar-refractivity contribution in [2.24, 2.45) is 28.2 Å². The van der Waals surface area contributed by atoms with E-state index in [4.69, 9.17) is 4.74 Å². The highest BCUT2D eigenvalue weighted by Gasteiger charge is 2.54. The lowest BCUT2D eigenvalue weighted by molar-refractivity contribution is -0.155. The Balaban J connectivity index is 1.62. The summed E-state index contributed by atoms with van der Waals surface area (Å²) in [5.41, 5.74) is 0.209. The maximum Gasteiger partial charge on any atom is 0.326 e. The van der Waals surface area contributed by atoms with Gasteiger partial charge in [-0.3, -0.25) is 9.59 Å². The zero-order valence-electron chi connectivity index (χ0n) is 17.7. The summed E-state index contributed by atoms with van der Waals surface area (Å²) in [6.45, 7) is 9.68. The lowest BCUT2D eigenvalue weighted by Crippen LogP contribution is -2.50. The van der Waals surface area contributed by atoms with Gasteiger partial charge in [-0.1, -0.05) is 0 Å². The summed E-state index contributed by atoms with van der Waals surface area (Å²) in [5, 5.41) is 0. The van der Waals surface area contributed by atoms with Crippen molar-refractivity contribution < 1.29 is 14.3 Å². The summed E-state index contributed by atoms with van der Waals surface area (Å²) < 4.78 is 7.34. The molecule has 0 aromatic carbocycles. The van der Waals surface area contributed by atoms with E-state index in [-0.39, 0.29) is 23.8 Å². The second-order valence-corrected chi connectivity index (χ2v) is 11.5. The number of nitrogens with zero attached hydrogens (tertiary/aromatic N) is 2. The van der Waals surface area contributed by atoms with Gasteiger partial charge < -0.3 is 9.30 Å². The van der Waals surface area contributed by atoms with Gasteiger partial charge in [0.25, 0.3) is 5.91 Å². The Hall–Kier alpha value is -1.43. The van der Waals surface area contributed by atoms with E-state index in [0.29, 0.717) is 22.6 Å². The molecule has 4 bridgehead atoms. The number of aromatic nitrogens is 1. The highest BCUT2D eigenvalue weighted by Crippen LogP contribution is 2.60. The minimum atomic E-state index is -0.525. The maximum atomic E-state index is 13.4. The fourth-order valence-electron chi connectivity index (χ4n) is 5.95. The Labute approximate surface area is 171 Å². The SMILES string of the molecule is Cc1s/c(=N\C(=O)C23CC4CC(CC(C4)C2)C3)n(CC(=O)OC(C)(C)C)c1C. The predicted molar refractivity (Wildman–Crippen MR) is 109 cm³/mol. The second-order valence-electron chi connectivity index (χ2n) is 10.3. The van der Waals surface area contributed by atoms with E-state index in [2.05, 4.69) is 4.99 Å². The highest BCUT2D eigenvalue weighted by atomic mass is 32.1. The fraction of sp³-hybridized carbons (Fsp3) is 0.773. The molecule has 1 heterocycles. The van der Waals surface area contributed by atoms with Crippen LogP contribution in [0.25, 0.3) is 0 Å². The van der Waals surface area contributed by atoms with Crippen LogP contribution < -0.4 is 4.80 Å². The molecule has 0 radical (unpaired) electrons. The van der Waals surface area contributed by atoms with Gasteiger partial charge in [0, 0.05) is 10.6 Å². The van der Waals surface area contributed by atoms with Crippen LogP contribution in [-0.2, 0) is 20.9 Å². The first-order chi connectivity index (χ1) is 13.0. The zero-order valence-corrected chi connectivity index (χ0v) is 18.5. The third kappa shape index (κ3) is 3.72. The topological polar surface area (TPSA) is 60.7 Å². The van der Waals surface area contributed by atoms with Crippen molar-refractivity contribution in [1.82, 2.24) is 4.57 Å². The van der Waals surface area contributed by atoms with E-state index in [1.165, 1.54) is 30.6 Å². The summed E-state index contributed by atoms with van der Waals surface area (Å²) in [5.74, 6) is 1.89. The number of hydrogen-bond acceptors (Lipinski definition) is 4. The summed E-state index contributed by atoms with van der Waals surface area (Å²) >= 11 is 1.50. The molecule has 0 saturated heterocycles. The first kappa shape index (κ1) is 19.9. The van der Waals surface area contributed by atoms with Crippen LogP contribution in [0.1, 0.15) is 69.9 Å². The lowest BCUT2D eigenvalue weighted by atomic mass is 9.49. The number of esters is 1. The summed E-state index contributed by atoms with van der Waals surface area (Å²) in [6.07, 6.45) is 6.96. The van der Waals surface area contributed by atoms with Crippen LogP contribution in [0.15, 0.2) is 4.99 Å². The summed E-state index contributed by atoms with van der Waals surface area (Å²) in [4.78, 5) is 32.1. The fourth-order valence-corrected chi connectivity index (χ4v) is 6.92. The Morgan fingerprint density at radius 1 is 1.11 bits per heavy atom. The molecule has 1 aromatic heterocycles. The van der Waals surface area contributed by atoms with Crippen LogP contribution in [0.2, 0.25) is 0 Å². The number of thiazole rings is 1. The molecule has 1 amide bonds. The molecule has 1 aromatic rings. The number of rotatable bonds is 3. The van der Waals surface area contributed by atoms with Gasteiger partial charge in [0.1, 0.15) is 12.1 Å². The van der Waals surface area contributed by atoms with Gasteiger partial charge in [0.2, 0.25) is 0 Å². The molecule has 0 aliphatic heterocycles. The van der Waals surface area contributed by atoms with E-state index < -0.39 is 5.60 Å². The van der Waals surface area contributed by atoms with Crippen molar-refractivity contribution in [3.8, 4) is 0 Å². The Morgan fingerprint density at radius 2 is 1.64 bits per heavy atom. The molecule has 28 heavy (non-hydrogen) atoms.